The molecule has 1 aromatic carbocycles. The highest BCUT2D eigenvalue weighted by molar-refractivity contribution is 5.58. The molecule has 0 atom stereocenters. The Bertz CT molecular complexity index is 381. The lowest BCUT2D eigenvalue weighted by atomic mass is 9.84. The highest BCUT2D eigenvalue weighted by atomic mass is 16.5. The number of methoxy groups -OCH3 is 1. The Hall–Kier alpha value is -1.18. The number of hydrogen-bond acceptors (Lipinski definition) is 2. The molecule has 0 saturated heterocycles. The van der Waals surface area contributed by atoms with Crippen molar-refractivity contribution in [1.82, 2.24) is 0 Å². The minimum absolute atomic E-state index is 0.614. The van der Waals surface area contributed by atoms with Crippen LogP contribution in [0.15, 0.2) is 18.2 Å². The van der Waals surface area contributed by atoms with Crippen molar-refractivity contribution in [2.45, 2.75) is 52.0 Å². The van der Waals surface area contributed by atoms with Crippen molar-refractivity contribution >= 4 is 5.69 Å². The van der Waals surface area contributed by atoms with Crippen LogP contribution in [-0.4, -0.2) is 13.2 Å². The molecule has 1 N–H and O–H groups in total. The predicted molar refractivity (Wildman–Crippen MR) is 77.4 cm³/mol. The zero-order chi connectivity index (χ0) is 13.0. The fourth-order valence-corrected chi connectivity index (χ4v) is 2.87. The van der Waals surface area contributed by atoms with Gasteiger partial charge in [-0.2, -0.15) is 0 Å². The van der Waals surface area contributed by atoms with Crippen molar-refractivity contribution in [3.8, 4) is 5.75 Å². The Morgan fingerprint density at radius 1 is 1.22 bits per heavy atom. The highest BCUT2D eigenvalue weighted by Crippen LogP contribution is 2.31. The molecule has 1 aliphatic carbocycles. The van der Waals surface area contributed by atoms with Crippen LogP contribution in [0.2, 0.25) is 0 Å². The minimum atomic E-state index is 0.614. The molecule has 1 saturated carbocycles. The number of anilines is 1. The molecular formula is C16H25NO. The maximum Gasteiger partial charge on any atom is 0.141 e. The summed E-state index contributed by atoms with van der Waals surface area (Å²) in [7, 11) is 1.74. The average Bonchev–Trinajstić information content (AvgIpc) is 2.40. The molecule has 0 aliphatic heterocycles. The van der Waals surface area contributed by atoms with Crippen LogP contribution in [-0.2, 0) is 0 Å². The molecule has 0 aromatic heterocycles. The van der Waals surface area contributed by atoms with Crippen LogP contribution in [0.25, 0.3) is 0 Å². The van der Waals surface area contributed by atoms with Crippen LogP contribution in [0.5, 0.6) is 5.75 Å². The molecule has 2 nitrogen and oxygen atoms in total. The summed E-state index contributed by atoms with van der Waals surface area (Å²) >= 11 is 0. The van der Waals surface area contributed by atoms with Crippen molar-refractivity contribution < 1.29 is 4.74 Å². The molecule has 0 heterocycles. The van der Waals surface area contributed by atoms with Crippen LogP contribution in [0, 0.1) is 12.8 Å². The normalized spacial score (nSPS) is 23.7. The van der Waals surface area contributed by atoms with Gasteiger partial charge < -0.3 is 10.1 Å². The highest BCUT2D eigenvalue weighted by Gasteiger charge is 2.20. The molecule has 0 bridgehead atoms. The lowest BCUT2D eigenvalue weighted by molar-refractivity contribution is 0.329. The van der Waals surface area contributed by atoms with E-state index >= 15 is 0 Å². The monoisotopic (exact) mass is 247 g/mol. The number of ether oxygens (including phenoxy) is 1. The van der Waals surface area contributed by atoms with Gasteiger partial charge in [-0.05, 0) is 56.2 Å². The molecule has 0 unspecified atom stereocenters. The molecule has 0 spiro atoms. The lowest BCUT2D eigenvalue weighted by Gasteiger charge is -2.29. The fourth-order valence-electron chi connectivity index (χ4n) is 2.87. The molecule has 100 valence electrons. The predicted octanol–water partition coefficient (Wildman–Crippen LogP) is 4.38. The molecule has 0 radical (unpaired) electrons. The fraction of sp³-hybridized carbons (Fsp3) is 0.625. The molecular weight excluding hydrogens is 222 g/mol. The van der Waals surface area contributed by atoms with Gasteiger partial charge >= 0.3 is 0 Å². The Kier molecular flexibility index (Phi) is 4.51. The van der Waals surface area contributed by atoms with Crippen molar-refractivity contribution in [1.29, 1.82) is 0 Å². The zero-order valence-electron chi connectivity index (χ0n) is 11.8. The van der Waals surface area contributed by atoms with Gasteiger partial charge in [0.15, 0.2) is 0 Å². The first-order valence-corrected chi connectivity index (χ1v) is 7.14. The maximum absolute atomic E-state index is 5.42. The molecule has 1 fully saturated rings. The third kappa shape index (κ3) is 3.18. The molecule has 1 aromatic rings. The number of nitrogens with one attached hydrogen (secondary N) is 1. The second-order valence-electron chi connectivity index (χ2n) is 5.47. The minimum Gasteiger partial charge on any atom is -0.495 e. The molecule has 2 rings (SSSR count). The summed E-state index contributed by atoms with van der Waals surface area (Å²) in [5, 5.41) is 3.66. The largest absolute Gasteiger partial charge is 0.495 e. The van der Waals surface area contributed by atoms with E-state index in [9.17, 15) is 0 Å². The summed E-state index contributed by atoms with van der Waals surface area (Å²) in [4.78, 5) is 0. The Morgan fingerprint density at radius 3 is 2.56 bits per heavy atom. The summed E-state index contributed by atoms with van der Waals surface area (Å²) in [5.41, 5.74) is 2.43. The van der Waals surface area contributed by atoms with Crippen molar-refractivity contribution in [2.75, 3.05) is 12.4 Å². The lowest BCUT2D eigenvalue weighted by Crippen LogP contribution is -2.26. The maximum atomic E-state index is 5.42. The average molecular weight is 247 g/mol. The zero-order valence-corrected chi connectivity index (χ0v) is 11.8. The van der Waals surface area contributed by atoms with Gasteiger partial charge in [-0.1, -0.05) is 19.4 Å². The second kappa shape index (κ2) is 6.12. The van der Waals surface area contributed by atoms with Gasteiger partial charge in [-0.25, -0.2) is 0 Å². The Balaban J connectivity index is 1.99. The molecule has 1 aliphatic rings. The number of rotatable bonds is 4. The van der Waals surface area contributed by atoms with Crippen LogP contribution >= 0.6 is 0 Å². The van der Waals surface area contributed by atoms with Gasteiger partial charge in [0.05, 0.1) is 12.8 Å². The second-order valence-corrected chi connectivity index (χ2v) is 5.47. The van der Waals surface area contributed by atoms with Gasteiger partial charge in [-0.3, -0.25) is 0 Å². The van der Waals surface area contributed by atoms with Gasteiger partial charge in [0, 0.05) is 6.04 Å². The first-order valence-electron chi connectivity index (χ1n) is 7.14. The molecule has 18 heavy (non-hydrogen) atoms. The topological polar surface area (TPSA) is 21.3 Å². The van der Waals surface area contributed by atoms with Crippen molar-refractivity contribution in [3.63, 3.8) is 0 Å². The van der Waals surface area contributed by atoms with Gasteiger partial charge in [-0.15, -0.1) is 0 Å². The summed E-state index contributed by atoms with van der Waals surface area (Å²) < 4.78 is 5.42. The van der Waals surface area contributed by atoms with E-state index in [2.05, 4.69) is 37.4 Å². The first-order chi connectivity index (χ1) is 8.72. The third-order valence-electron chi connectivity index (χ3n) is 4.14. The number of aryl methyl sites for hydroxylation is 1. The number of hydrogen-bond donors (Lipinski definition) is 1. The molecule has 2 heteroatoms. The standard InChI is InChI=1S/C16H25NO/c1-4-13-6-8-14(9-7-13)17-15-11-12(2)5-10-16(15)18-3/h5,10-11,13-14,17H,4,6-9H2,1-3H3. The van der Waals surface area contributed by atoms with E-state index in [1.807, 2.05) is 0 Å². The van der Waals surface area contributed by atoms with Crippen LogP contribution in [0.4, 0.5) is 5.69 Å². The van der Waals surface area contributed by atoms with Crippen molar-refractivity contribution in [2.24, 2.45) is 5.92 Å². The van der Waals surface area contributed by atoms with E-state index in [-0.39, 0.29) is 0 Å². The van der Waals surface area contributed by atoms with E-state index in [0.29, 0.717) is 6.04 Å². The van der Waals surface area contributed by atoms with Crippen LogP contribution in [0.1, 0.15) is 44.6 Å². The summed E-state index contributed by atoms with van der Waals surface area (Å²) in [6, 6.07) is 6.95. The van der Waals surface area contributed by atoms with Gasteiger partial charge in [0.1, 0.15) is 5.75 Å². The van der Waals surface area contributed by atoms with E-state index in [1.54, 1.807) is 7.11 Å². The Labute approximate surface area is 111 Å². The van der Waals surface area contributed by atoms with Gasteiger partial charge in [0.2, 0.25) is 0 Å². The first kappa shape index (κ1) is 13.3. The molecule has 0 amide bonds. The third-order valence-corrected chi connectivity index (χ3v) is 4.14. The van der Waals surface area contributed by atoms with E-state index < -0.39 is 0 Å². The van der Waals surface area contributed by atoms with Gasteiger partial charge in [0.25, 0.3) is 0 Å². The SMILES string of the molecule is CCC1CCC(Nc2cc(C)ccc2OC)CC1. The smallest absolute Gasteiger partial charge is 0.141 e. The quantitative estimate of drug-likeness (QED) is 0.852. The summed E-state index contributed by atoms with van der Waals surface area (Å²) in [6.07, 6.45) is 6.64. The number of benzene rings is 1. The summed E-state index contributed by atoms with van der Waals surface area (Å²) in [5.74, 6) is 1.90. The van der Waals surface area contributed by atoms with E-state index in [0.717, 1.165) is 17.4 Å². The Morgan fingerprint density at radius 2 is 1.94 bits per heavy atom. The summed E-state index contributed by atoms with van der Waals surface area (Å²) in [6.45, 7) is 4.43. The van der Waals surface area contributed by atoms with Crippen molar-refractivity contribution in [3.05, 3.63) is 23.8 Å². The van der Waals surface area contributed by atoms with Crippen LogP contribution < -0.4 is 10.1 Å². The van der Waals surface area contributed by atoms with Crippen LogP contribution in [0.3, 0.4) is 0 Å². The van der Waals surface area contributed by atoms with E-state index in [1.165, 1.54) is 37.7 Å². The van der Waals surface area contributed by atoms with E-state index in [4.69, 9.17) is 4.74 Å².